The fourth-order valence-corrected chi connectivity index (χ4v) is 3.14. The zero-order chi connectivity index (χ0) is 17.1. The van der Waals surface area contributed by atoms with Crippen molar-refractivity contribution in [1.29, 1.82) is 0 Å². The number of imidazole rings is 1. The van der Waals surface area contributed by atoms with E-state index in [1.807, 2.05) is 50.2 Å². The van der Waals surface area contributed by atoms with Crippen LogP contribution in [-0.2, 0) is 4.79 Å². The zero-order valence-corrected chi connectivity index (χ0v) is 14.6. The standard InChI is InChI=1S/C18H19N3O2S/c1-11-7-8-15-16(9-11)21-18(20-15)24-12(2)17(22)19-13-5-4-6-14(10-13)23-3/h4-10,12H,1-3H3,(H,19,22)(H,20,21)/t12-/m1/s1. The predicted molar refractivity (Wildman–Crippen MR) is 97.8 cm³/mol. The van der Waals surface area contributed by atoms with Gasteiger partial charge in [-0.1, -0.05) is 23.9 Å². The second kappa shape index (κ2) is 6.97. The molecule has 0 aliphatic carbocycles. The predicted octanol–water partition coefficient (Wildman–Crippen LogP) is 4.00. The van der Waals surface area contributed by atoms with Gasteiger partial charge in [0.25, 0.3) is 0 Å². The number of hydrogen-bond acceptors (Lipinski definition) is 4. The Morgan fingerprint density at radius 1 is 1.29 bits per heavy atom. The maximum atomic E-state index is 12.4. The average molecular weight is 341 g/mol. The highest BCUT2D eigenvalue weighted by Gasteiger charge is 2.17. The first kappa shape index (κ1) is 16.4. The Kier molecular flexibility index (Phi) is 4.76. The first-order valence-electron chi connectivity index (χ1n) is 7.63. The van der Waals surface area contributed by atoms with Gasteiger partial charge in [-0.2, -0.15) is 0 Å². The number of rotatable bonds is 5. The summed E-state index contributed by atoms with van der Waals surface area (Å²) in [5.74, 6) is 0.630. The van der Waals surface area contributed by atoms with E-state index in [1.165, 1.54) is 17.3 Å². The molecule has 0 aliphatic rings. The number of aromatic nitrogens is 2. The molecule has 0 aliphatic heterocycles. The normalized spacial score (nSPS) is 12.1. The molecular formula is C18H19N3O2S. The lowest BCUT2D eigenvalue weighted by atomic mass is 10.2. The van der Waals surface area contributed by atoms with Crippen molar-refractivity contribution >= 4 is 34.4 Å². The third-order valence-corrected chi connectivity index (χ3v) is 4.59. The number of carbonyl (C=O) groups is 1. The van der Waals surface area contributed by atoms with E-state index in [9.17, 15) is 4.79 Å². The molecule has 124 valence electrons. The van der Waals surface area contributed by atoms with Crippen LogP contribution in [0.1, 0.15) is 12.5 Å². The molecule has 0 saturated carbocycles. The van der Waals surface area contributed by atoms with Crippen molar-refractivity contribution in [3.63, 3.8) is 0 Å². The summed E-state index contributed by atoms with van der Waals surface area (Å²) in [6.07, 6.45) is 0. The van der Waals surface area contributed by atoms with Crippen LogP contribution in [0, 0.1) is 6.92 Å². The molecule has 2 aromatic carbocycles. The van der Waals surface area contributed by atoms with Crippen LogP contribution in [0.3, 0.4) is 0 Å². The number of amides is 1. The largest absolute Gasteiger partial charge is 0.497 e. The van der Waals surface area contributed by atoms with Gasteiger partial charge in [0, 0.05) is 11.8 Å². The number of fused-ring (bicyclic) bond motifs is 1. The van der Waals surface area contributed by atoms with Crippen LogP contribution < -0.4 is 10.1 Å². The second-order valence-electron chi connectivity index (χ2n) is 5.54. The molecule has 24 heavy (non-hydrogen) atoms. The molecule has 1 atom stereocenters. The second-order valence-corrected chi connectivity index (χ2v) is 6.87. The molecule has 1 aromatic heterocycles. The van der Waals surface area contributed by atoms with Crippen LogP contribution in [-0.4, -0.2) is 28.2 Å². The molecule has 1 amide bonds. The van der Waals surface area contributed by atoms with E-state index >= 15 is 0 Å². The van der Waals surface area contributed by atoms with Gasteiger partial charge in [-0.25, -0.2) is 4.98 Å². The summed E-state index contributed by atoms with van der Waals surface area (Å²) >= 11 is 1.40. The van der Waals surface area contributed by atoms with Crippen LogP contribution in [0.4, 0.5) is 5.69 Å². The molecular weight excluding hydrogens is 322 g/mol. The number of ether oxygens (including phenoxy) is 1. The number of nitrogens with zero attached hydrogens (tertiary/aromatic N) is 1. The molecule has 0 fully saturated rings. The molecule has 3 rings (SSSR count). The summed E-state index contributed by atoms with van der Waals surface area (Å²) in [5.41, 5.74) is 3.78. The maximum Gasteiger partial charge on any atom is 0.237 e. The van der Waals surface area contributed by atoms with E-state index in [2.05, 4.69) is 15.3 Å². The van der Waals surface area contributed by atoms with Crippen LogP contribution in [0.15, 0.2) is 47.6 Å². The van der Waals surface area contributed by atoms with Gasteiger partial charge in [-0.3, -0.25) is 4.79 Å². The summed E-state index contributed by atoms with van der Waals surface area (Å²) < 4.78 is 5.16. The smallest absolute Gasteiger partial charge is 0.237 e. The Morgan fingerprint density at radius 2 is 2.12 bits per heavy atom. The molecule has 0 spiro atoms. The van der Waals surface area contributed by atoms with Gasteiger partial charge in [-0.15, -0.1) is 0 Å². The van der Waals surface area contributed by atoms with Crippen molar-refractivity contribution in [3.05, 3.63) is 48.0 Å². The highest BCUT2D eigenvalue weighted by atomic mass is 32.2. The molecule has 0 bridgehead atoms. The lowest BCUT2D eigenvalue weighted by Gasteiger charge is -2.11. The Morgan fingerprint density at radius 3 is 2.92 bits per heavy atom. The van der Waals surface area contributed by atoms with Gasteiger partial charge in [0.1, 0.15) is 5.75 Å². The summed E-state index contributed by atoms with van der Waals surface area (Å²) in [6, 6.07) is 13.4. The molecule has 0 radical (unpaired) electrons. The fourth-order valence-electron chi connectivity index (χ4n) is 2.32. The molecule has 3 aromatic rings. The topological polar surface area (TPSA) is 67.0 Å². The van der Waals surface area contributed by atoms with Gasteiger partial charge in [0.15, 0.2) is 5.16 Å². The Balaban J connectivity index is 1.68. The van der Waals surface area contributed by atoms with Crippen LogP contribution in [0.2, 0.25) is 0 Å². The summed E-state index contributed by atoms with van der Waals surface area (Å²) in [5, 5.41) is 3.36. The molecule has 1 heterocycles. The average Bonchev–Trinajstić information content (AvgIpc) is 2.96. The van der Waals surface area contributed by atoms with Gasteiger partial charge >= 0.3 is 0 Å². The molecule has 0 saturated heterocycles. The van der Waals surface area contributed by atoms with Crippen LogP contribution >= 0.6 is 11.8 Å². The van der Waals surface area contributed by atoms with Gasteiger partial charge in [0.05, 0.1) is 23.4 Å². The number of H-pyrrole nitrogens is 1. The van der Waals surface area contributed by atoms with Crippen molar-refractivity contribution in [2.45, 2.75) is 24.3 Å². The number of nitrogens with one attached hydrogen (secondary N) is 2. The van der Waals surface area contributed by atoms with Crippen molar-refractivity contribution in [1.82, 2.24) is 9.97 Å². The third kappa shape index (κ3) is 3.71. The third-order valence-electron chi connectivity index (χ3n) is 3.61. The lowest BCUT2D eigenvalue weighted by Crippen LogP contribution is -2.22. The van der Waals surface area contributed by atoms with Crippen molar-refractivity contribution in [3.8, 4) is 5.75 Å². The minimum atomic E-state index is -0.280. The number of methoxy groups -OCH3 is 1. The first-order valence-corrected chi connectivity index (χ1v) is 8.51. The van der Waals surface area contributed by atoms with Gasteiger partial charge < -0.3 is 15.0 Å². The Hall–Kier alpha value is -2.47. The van der Waals surface area contributed by atoms with Crippen molar-refractivity contribution in [2.75, 3.05) is 12.4 Å². The van der Waals surface area contributed by atoms with Crippen LogP contribution in [0.25, 0.3) is 11.0 Å². The first-order chi connectivity index (χ1) is 11.5. The summed E-state index contributed by atoms with van der Waals surface area (Å²) in [6.45, 7) is 3.90. The monoisotopic (exact) mass is 341 g/mol. The zero-order valence-electron chi connectivity index (χ0n) is 13.8. The molecule has 6 heteroatoms. The number of anilines is 1. The highest BCUT2D eigenvalue weighted by Crippen LogP contribution is 2.25. The maximum absolute atomic E-state index is 12.4. The Bertz CT molecular complexity index is 876. The number of aryl methyl sites for hydroxylation is 1. The van der Waals surface area contributed by atoms with E-state index in [-0.39, 0.29) is 11.2 Å². The number of carbonyl (C=O) groups excluding carboxylic acids is 1. The molecule has 2 N–H and O–H groups in total. The number of aromatic amines is 1. The highest BCUT2D eigenvalue weighted by molar-refractivity contribution is 8.00. The SMILES string of the molecule is COc1cccc(NC(=O)[C@@H](C)Sc2nc3ccc(C)cc3[nH]2)c1. The van der Waals surface area contributed by atoms with Crippen molar-refractivity contribution < 1.29 is 9.53 Å². The van der Waals surface area contributed by atoms with Crippen molar-refractivity contribution in [2.24, 2.45) is 0 Å². The van der Waals surface area contributed by atoms with E-state index < -0.39 is 0 Å². The number of thioether (sulfide) groups is 1. The number of hydrogen-bond donors (Lipinski definition) is 2. The minimum absolute atomic E-state index is 0.0788. The van der Waals surface area contributed by atoms with Gasteiger partial charge in [-0.05, 0) is 43.7 Å². The lowest BCUT2D eigenvalue weighted by molar-refractivity contribution is -0.115. The molecule has 0 unspecified atom stereocenters. The van der Waals surface area contributed by atoms with E-state index in [0.717, 1.165) is 16.2 Å². The Labute approximate surface area is 144 Å². The molecule has 5 nitrogen and oxygen atoms in total. The number of benzene rings is 2. The minimum Gasteiger partial charge on any atom is -0.497 e. The summed E-state index contributed by atoms with van der Waals surface area (Å²) in [7, 11) is 1.60. The van der Waals surface area contributed by atoms with E-state index in [0.29, 0.717) is 11.4 Å². The van der Waals surface area contributed by atoms with E-state index in [4.69, 9.17) is 4.74 Å². The quantitative estimate of drug-likeness (QED) is 0.688. The van der Waals surface area contributed by atoms with Crippen LogP contribution in [0.5, 0.6) is 5.75 Å². The van der Waals surface area contributed by atoms with E-state index in [1.54, 1.807) is 13.2 Å². The fraction of sp³-hybridized carbons (Fsp3) is 0.222. The van der Waals surface area contributed by atoms with Gasteiger partial charge in [0.2, 0.25) is 5.91 Å². The summed E-state index contributed by atoms with van der Waals surface area (Å²) in [4.78, 5) is 20.1.